The van der Waals surface area contributed by atoms with E-state index in [0.717, 1.165) is 29.0 Å². The number of benzene rings is 1. The van der Waals surface area contributed by atoms with Gasteiger partial charge in [-0.3, -0.25) is 4.79 Å². The van der Waals surface area contributed by atoms with Crippen LogP contribution in [0.3, 0.4) is 0 Å². The van der Waals surface area contributed by atoms with Crippen molar-refractivity contribution in [3.8, 4) is 22.8 Å². The standard InChI is InChI=1S/C22H27NO6/c1-15-20(29-14-18-13-26-8-10-28-18)12-21(24)23-6-5-16-11-17(27-9-7-25-2)3-4-19(16)22(15)23/h3-4,11-12,18H,5-10,13-14H2,1-2H3. The molecule has 2 aliphatic heterocycles. The lowest BCUT2D eigenvalue weighted by molar-refractivity contribution is -0.101. The van der Waals surface area contributed by atoms with Gasteiger partial charge in [0.25, 0.3) is 5.56 Å². The van der Waals surface area contributed by atoms with Crippen LogP contribution in [-0.2, 0) is 27.2 Å². The number of methoxy groups -OCH3 is 1. The van der Waals surface area contributed by atoms with Gasteiger partial charge >= 0.3 is 0 Å². The van der Waals surface area contributed by atoms with Crippen molar-refractivity contribution in [3.05, 3.63) is 45.7 Å². The lowest BCUT2D eigenvalue weighted by Gasteiger charge is -2.27. The van der Waals surface area contributed by atoms with Crippen LogP contribution >= 0.6 is 0 Å². The minimum atomic E-state index is -0.110. The zero-order valence-electron chi connectivity index (χ0n) is 16.9. The zero-order valence-corrected chi connectivity index (χ0v) is 16.9. The second-order valence-corrected chi connectivity index (χ2v) is 7.26. The molecule has 0 bridgehead atoms. The van der Waals surface area contributed by atoms with Gasteiger partial charge in [-0.1, -0.05) is 0 Å². The summed E-state index contributed by atoms with van der Waals surface area (Å²) in [5, 5.41) is 0. The summed E-state index contributed by atoms with van der Waals surface area (Å²) in [5.41, 5.74) is 4.04. The first kappa shape index (κ1) is 19.9. The van der Waals surface area contributed by atoms with Crippen LogP contribution in [-0.4, -0.2) is 57.4 Å². The van der Waals surface area contributed by atoms with E-state index in [1.807, 2.05) is 23.6 Å². The molecule has 1 aromatic heterocycles. The average Bonchev–Trinajstić information content (AvgIpc) is 2.75. The van der Waals surface area contributed by atoms with E-state index in [1.54, 1.807) is 13.2 Å². The second kappa shape index (κ2) is 8.98. The molecular formula is C22H27NO6. The SMILES string of the molecule is COCCOc1ccc2c(c1)CCn1c-2c(C)c(OCC2COCCO2)cc1=O. The second-order valence-electron chi connectivity index (χ2n) is 7.26. The van der Waals surface area contributed by atoms with Gasteiger partial charge in [0.2, 0.25) is 0 Å². The van der Waals surface area contributed by atoms with Gasteiger partial charge in [-0.05, 0) is 37.1 Å². The van der Waals surface area contributed by atoms with E-state index in [-0.39, 0.29) is 11.7 Å². The van der Waals surface area contributed by atoms with Gasteiger partial charge in [0.05, 0.1) is 32.1 Å². The van der Waals surface area contributed by atoms with Crippen molar-refractivity contribution in [3.63, 3.8) is 0 Å². The molecule has 0 spiro atoms. The van der Waals surface area contributed by atoms with Gasteiger partial charge in [-0.15, -0.1) is 0 Å². The number of fused-ring (bicyclic) bond motifs is 3. The van der Waals surface area contributed by atoms with Crippen LogP contribution in [0, 0.1) is 6.92 Å². The van der Waals surface area contributed by atoms with Gasteiger partial charge in [0.1, 0.15) is 30.8 Å². The Bertz CT molecular complexity index is 916. The van der Waals surface area contributed by atoms with Crippen molar-refractivity contribution < 1.29 is 23.7 Å². The van der Waals surface area contributed by atoms with Crippen molar-refractivity contribution in [2.75, 3.05) is 46.8 Å². The van der Waals surface area contributed by atoms with Crippen molar-refractivity contribution in [2.24, 2.45) is 0 Å². The molecule has 1 unspecified atom stereocenters. The Kier molecular flexibility index (Phi) is 6.18. The highest BCUT2D eigenvalue weighted by Gasteiger charge is 2.23. The highest BCUT2D eigenvalue weighted by atomic mass is 16.6. The van der Waals surface area contributed by atoms with Crippen LogP contribution < -0.4 is 15.0 Å². The Morgan fingerprint density at radius 1 is 1.17 bits per heavy atom. The Balaban J connectivity index is 1.60. The minimum absolute atomic E-state index is 0.0486. The van der Waals surface area contributed by atoms with Crippen LogP contribution in [0.25, 0.3) is 11.3 Å². The number of hydrogen-bond acceptors (Lipinski definition) is 6. The van der Waals surface area contributed by atoms with E-state index in [1.165, 1.54) is 5.56 Å². The third kappa shape index (κ3) is 4.32. The summed E-state index contributed by atoms with van der Waals surface area (Å²) < 4.78 is 29.6. The van der Waals surface area contributed by atoms with Crippen LogP contribution in [0.2, 0.25) is 0 Å². The van der Waals surface area contributed by atoms with Crippen molar-refractivity contribution in [1.29, 1.82) is 0 Å². The van der Waals surface area contributed by atoms with Crippen LogP contribution in [0.1, 0.15) is 11.1 Å². The molecule has 0 amide bonds. The number of pyridine rings is 1. The smallest absolute Gasteiger partial charge is 0.254 e. The first-order chi connectivity index (χ1) is 14.2. The molecule has 0 saturated carbocycles. The maximum absolute atomic E-state index is 12.7. The number of rotatable bonds is 7. The normalized spacial score (nSPS) is 18.1. The number of nitrogens with zero attached hydrogens (tertiary/aromatic N) is 1. The number of aryl methyl sites for hydroxylation is 1. The predicted octanol–water partition coefficient (Wildman–Crippen LogP) is 2.20. The molecule has 1 atom stereocenters. The molecule has 4 rings (SSSR count). The highest BCUT2D eigenvalue weighted by molar-refractivity contribution is 5.71. The molecule has 2 aliphatic rings. The van der Waals surface area contributed by atoms with E-state index >= 15 is 0 Å². The average molecular weight is 401 g/mol. The monoisotopic (exact) mass is 401 g/mol. The third-order valence-corrected chi connectivity index (χ3v) is 5.32. The van der Waals surface area contributed by atoms with Gasteiger partial charge < -0.3 is 28.3 Å². The largest absolute Gasteiger partial charge is 0.491 e. The number of ether oxygens (including phenoxy) is 5. The summed E-state index contributed by atoms with van der Waals surface area (Å²) in [5.74, 6) is 1.42. The maximum atomic E-state index is 12.7. The quantitative estimate of drug-likeness (QED) is 0.663. The van der Waals surface area contributed by atoms with Crippen LogP contribution in [0.4, 0.5) is 0 Å². The summed E-state index contributed by atoms with van der Waals surface area (Å²) in [4.78, 5) is 12.7. The molecule has 1 saturated heterocycles. The fourth-order valence-electron chi connectivity index (χ4n) is 3.84. The lowest BCUT2D eigenvalue weighted by atomic mass is 9.94. The van der Waals surface area contributed by atoms with E-state index < -0.39 is 0 Å². The topological polar surface area (TPSA) is 68.2 Å². The molecule has 7 nitrogen and oxygen atoms in total. The van der Waals surface area contributed by atoms with Crippen LogP contribution in [0.15, 0.2) is 29.1 Å². The fourth-order valence-corrected chi connectivity index (χ4v) is 3.84. The third-order valence-electron chi connectivity index (χ3n) is 5.32. The summed E-state index contributed by atoms with van der Waals surface area (Å²) in [6, 6.07) is 7.60. The van der Waals surface area contributed by atoms with E-state index in [2.05, 4.69) is 6.07 Å². The number of hydrogen-bond donors (Lipinski definition) is 0. The Labute approximate surface area is 170 Å². The van der Waals surface area contributed by atoms with E-state index in [9.17, 15) is 4.79 Å². The summed E-state index contributed by atoms with van der Waals surface area (Å²) in [7, 11) is 1.65. The molecule has 1 fully saturated rings. The minimum Gasteiger partial charge on any atom is -0.491 e. The maximum Gasteiger partial charge on any atom is 0.254 e. The fraction of sp³-hybridized carbons (Fsp3) is 0.500. The van der Waals surface area contributed by atoms with Crippen molar-refractivity contribution in [1.82, 2.24) is 4.57 Å². The van der Waals surface area contributed by atoms with Gasteiger partial charge in [0.15, 0.2) is 0 Å². The molecule has 0 radical (unpaired) electrons. The lowest BCUT2D eigenvalue weighted by Crippen LogP contribution is -2.34. The molecule has 2 aromatic rings. The molecule has 29 heavy (non-hydrogen) atoms. The number of aromatic nitrogens is 1. The van der Waals surface area contributed by atoms with E-state index in [0.29, 0.717) is 51.9 Å². The van der Waals surface area contributed by atoms with Crippen molar-refractivity contribution in [2.45, 2.75) is 26.0 Å². The van der Waals surface area contributed by atoms with Crippen molar-refractivity contribution >= 4 is 0 Å². The van der Waals surface area contributed by atoms with Gasteiger partial charge in [-0.2, -0.15) is 0 Å². The van der Waals surface area contributed by atoms with Crippen LogP contribution in [0.5, 0.6) is 11.5 Å². The first-order valence-corrected chi connectivity index (χ1v) is 9.99. The molecule has 0 aliphatic carbocycles. The molecule has 3 heterocycles. The summed E-state index contributed by atoms with van der Waals surface area (Å²) >= 11 is 0. The molecule has 1 aromatic carbocycles. The first-order valence-electron chi connectivity index (χ1n) is 9.99. The molecule has 7 heteroatoms. The Hall–Kier alpha value is -2.35. The van der Waals surface area contributed by atoms with Gasteiger partial charge in [0, 0.05) is 30.8 Å². The summed E-state index contributed by atoms with van der Waals surface area (Å²) in [6.07, 6.45) is 0.678. The molecule has 156 valence electrons. The predicted molar refractivity (Wildman–Crippen MR) is 108 cm³/mol. The molecule has 0 N–H and O–H groups in total. The summed E-state index contributed by atoms with van der Waals surface area (Å²) in [6.45, 7) is 5.76. The highest BCUT2D eigenvalue weighted by Crippen LogP contribution is 2.36. The van der Waals surface area contributed by atoms with Gasteiger partial charge in [-0.25, -0.2) is 0 Å². The Morgan fingerprint density at radius 3 is 2.86 bits per heavy atom. The Morgan fingerprint density at radius 2 is 2.07 bits per heavy atom. The zero-order chi connectivity index (χ0) is 20.2. The molecular weight excluding hydrogens is 374 g/mol. The van der Waals surface area contributed by atoms with E-state index in [4.69, 9.17) is 23.7 Å².